The van der Waals surface area contributed by atoms with Gasteiger partial charge in [0.15, 0.2) is 6.00 Å². The van der Waals surface area contributed by atoms with Crippen molar-refractivity contribution in [1.82, 2.24) is 0 Å². The molecule has 0 atom stereocenters. The minimum absolute atomic E-state index is 0. The normalized spacial score (nSPS) is 10.7. The lowest BCUT2D eigenvalue weighted by molar-refractivity contribution is -0.878. The number of benzene rings is 2. The van der Waals surface area contributed by atoms with Crippen molar-refractivity contribution in [3.63, 3.8) is 0 Å². The van der Waals surface area contributed by atoms with E-state index in [0.717, 1.165) is 17.4 Å². The summed E-state index contributed by atoms with van der Waals surface area (Å²) in [5.74, 6) is 0. The van der Waals surface area contributed by atoms with Gasteiger partial charge in [0.2, 0.25) is 0 Å². The Morgan fingerprint density at radius 3 is 1.77 bits per heavy atom. The lowest BCUT2D eigenvalue weighted by Crippen LogP contribution is -3.00. The second-order valence-electron chi connectivity index (χ2n) is 5.92. The minimum Gasteiger partial charge on any atom is -1.00 e. The van der Waals surface area contributed by atoms with Crippen molar-refractivity contribution in [2.24, 2.45) is 0 Å². The van der Waals surface area contributed by atoms with Gasteiger partial charge in [-0.1, -0.05) is 78.3 Å². The lowest BCUT2D eigenvalue weighted by Gasteiger charge is -2.26. The van der Waals surface area contributed by atoms with Crippen LogP contribution in [0.1, 0.15) is 17.5 Å². The predicted molar refractivity (Wildman–Crippen MR) is 92.3 cm³/mol. The van der Waals surface area contributed by atoms with E-state index in [4.69, 9.17) is 11.6 Å². The summed E-state index contributed by atoms with van der Waals surface area (Å²) in [6.45, 7) is 1.03. The van der Waals surface area contributed by atoms with Gasteiger partial charge in [0.05, 0.1) is 20.6 Å². The summed E-state index contributed by atoms with van der Waals surface area (Å²) in [4.78, 5) is 0. The van der Waals surface area contributed by atoms with E-state index in [1.54, 1.807) is 0 Å². The van der Waals surface area contributed by atoms with Gasteiger partial charge in [0.1, 0.15) is 0 Å². The molecular formula is C19H23ClIN. The average molecular weight is 428 g/mol. The highest BCUT2D eigenvalue weighted by atomic mass is 127. The predicted octanol–water partition coefficient (Wildman–Crippen LogP) is 1.79. The Balaban J connectivity index is 0.00000242. The molecule has 0 spiro atoms. The van der Waals surface area contributed by atoms with Gasteiger partial charge < -0.3 is 28.5 Å². The third-order valence-corrected chi connectivity index (χ3v) is 4.22. The van der Waals surface area contributed by atoms with Crippen molar-refractivity contribution in [1.29, 1.82) is 0 Å². The number of hydrogen-bond donors (Lipinski definition) is 0. The molecule has 0 aliphatic rings. The molecule has 2 aromatic rings. The lowest BCUT2D eigenvalue weighted by atomic mass is 9.97. The van der Waals surface area contributed by atoms with Gasteiger partial charge in [-0.15, -0.1) is 0 Å². The van der Waals surface area contributed by atoms with Crippen LogP contribution in [0.15, 0.2) is 66.7 Å². The molecule has 0 fully saturated rings. The first-order valence-electron chi connectivity index (χ1n) is 7.31. The van der Waals surface area contributed by atoms with Gasteiger partial charge in [0.25, 0.3) is 0 Å². The Kier molecular flexibility index (Phi) is 8.15. The molecule has 0 unspecified atom stereocenters. The summed E-state index contributed by atoms with van der Waals surface area (Å²) in [6, 6.07) is 21.8. The van der Waals surface area contributed by atoms with Crippen LogP contribution >= 0.6 is 11.6 Å². The van der Waals surface area contributed by atoms with E-state index in [1.807, 2.05) is 0 Å². The number of hydrogen-bond acceptors (Lipinski definition) is 0. The maximum Gasteiger partial charge on any atom is 0.154 e. The third kappa shape index (κ3) is 5.75. The van der Waals surface area contributed by atoms with E-state index in [0.29, 0.717) is 6.00 Å². The summed E-state index contributed by atoms with van der Waals surface area (Å²) in [7, 11) is 4.32. The van der Waals surface area contributed by atoms with Crippen molar-refractivity contribution in [2.45, 2.75) is 6.42 Å². The summed E-state index contributed by atoms with van der Waals surface area (Å²) in [5, 5.41) is 0. The van der Waals surface area contributed by atoms with Gasteiger partial charge in [-0.05, 0) is 16.7 Å². The zero-order valence-electron chi connectivity index (χ0n) is 13.2. The van der Waals surface area contributed by atoms with Crippen LogP contribution in [0.5, 0.6) is 0 Å². The van der Waals surface area contributed by atoms with Crippen LogP contribution in [0.2, 0.25) is 0 Å². The number of nitrogens with zero attached hydrogens (tertiary/aromatic N) is 1. The van der Waals surface area contributed by atoms with Crippen molar-refractivity contribution >= 4 is 17.2 Å². The summed E-state index contributed by atoms with van der Waals surface area (Å²) < 4.78 is 0.828. The Morgan fingerprint density at radius 1 is 0.909 bits per heavy atom. The largest absolute Gasteiger partial charge is 1.00 e. The molecule has 22 heavy (non-hydrogen) atoms. The topological polar surface area (TPSA) is 0 Å². The van der Waals surface area contributed by atoms with Gasteiger partial charge in [-0.2, -0.15) is 0 Å². The molecule has 0 aliphatic carbocycles. The molecular weight excluding hydrogens is 405 g/mol. The second kappa shape index (κ2) is 9.33. The molecule has 0 radical (unpaired) electrons. The first-order valence-corrected chi connectivity index (χ1v) is 7.85. The zero-order valence-corrected chi connectivity index (χ0v) is 16.1. The van der Waals surface area contributed by atoms with Crippen molar-refractivity contribution in [2.75, 3.05) is 26.6 Å². The summed E-state index contributed by atoms with van der Waals surface area (Å²) >= 11 is 5.99. The molecule has 0 aromatic heterocycles. The molecule has 1 nitrogen and oxygen atoms in total. The standard InChI is InChI=1S/C19H23ClN.HI/c1-21(2,16-20)15-9-14-19(17-10-5-3-6-11-17)18-12-7-4-8-13-18;/h3-8,10-14H,9,15-16H2,1-2H3;1H/q+1;/p-1. The van der Waals surface area contributed by atoms with E-state index in [9.17, 15) is 0 Å². The molecule has 2 aromatic carbocycles. The molecule has 3 heteroatoms. The molecule has 0 saturated carbocycles. The first-order chi connectivity index (χ1) is 10.1. The Hall–Kier alpha value is -0.840. The van der Waals surface area contributed by atoms with E-state index in [-0.39, 0.29) is 24.0 Å². The van der Waals surface area contributed by atoms with Crippen molar-refractivity contribution in [3.05, 3.63) is 77.9 Å². The van der Waals surface area contributed by atoms with E-state index in [1.165, 1.54) is 16.7 Å². The molecule has 0 amide bonds. The van der Waals surface area contributed by atoms with Crippen molar-refractivity contribution in [3.8, 4) is 0 Å². The molecule has 0 aliphatic heterocycles. The van der Waals surface area contributed by atoms with Crippen LogP contribution in [-0.4, -0.2) is 31.1 Å². The van der Waals surface area contributed by atoms with Gasteiger partial charge >= 0.3 is 0 Å². The Bertz CT molecular complexity index is 537. The Morgan fingerprint density at radius 2 is 1.36 bits per heavy atom. The number of halogens is 2. The highest BCUT2D eigenvalue weighted by Gasteiger charge is 2.12. The second-order valence-corrected chi connectivity index (χ2v) is 6.16. The highest BCUT2D eigenvalue weighted by molar-refractivity contribution is 6.16. The van der Waals surface area contributed by atoms with Crippen LogP contribution in [0.25, 0.3) is 5.57 Å². The van der Waals surface area contributed by atoms with Crippen LogP contribution < -0.4 is 24.0 Å². The van der Waals surface area contributed by atoms with Crippen molar-refractivity contribution < 1.29 is 28.5 Å². The molecule has 0 heterocycles. The van der Waals surface area contributed by atoms with Gasteiger partial charge in [-0.3, -0.25) is 0 Å². The van der Waals surface area contributed by atoms with Crippen LogP contribution in [0.3, 0.4) is 0 Å². The maximum absolute atomic E-state index is 5.99. The Labute approximate surface area is 156 Å². The van der Waals surface area contributed by atoms with E-state index < -0.39 is 0 Å². The summed E-state index contributed by atoms with van der Waals surface area (Å²) in [5.41, 5.74) is 3.82. The number of rotatable bonds is 6. The molecule has 0 N–H and O–H groups in total. The molecule has 118 valence electrons. The molecule has 2 rings (SSSR count). The van der Waals surface area contributed by atoms with Crippen LogP contribution in [0, 0.1) is 0 Å². The molecule has 0 saturated heterocycles. The fourth-order valence-electron chi connectivity index (χ4n) is 2.26. The molecule has 0 bridgehead atoms. The number of alkyl halides is 1. The third-order valence-electron chi connectivity index (χ3n) is 3.58. The quantitative estimate of drug-likeness (QED) is 0.285. The highest BCUT2D eigenvalue weighted by Crippen LogP contribution is 2.23. The monoisotopic (exact) mass is 427 g/mol. The fraction of sp³-hybridized carbons (Fsp3) is 0.263. The van der Waals surface area contributed by atoms with Gasteiger partial charge in [0, 0.05) is 6.42 Å². The van der Waals surface area contributed by atoms with Crippen LogP contribution in [-0.2, 0) is 0 Å². The SMILES string of the molecule is C[N+](C)(CCl)CCC=C(c1ccccc1)c1ccccc1.[I-]. The minimum atomic E-state index is 0. The maximum atomic E-state index is 5.99. The van der Waals surface area contributed by atoms with E-state index >= 15 is 0 Å². The average Bonchev–Trinajstić information content (AvgIpc) is 2.53. The van der Waals surface area contributed by atoms with Gasteiger partial charge in [-0.25, -0.2) is 0 Å². The summed E-state index contributed by atoms with van der Waals surface area (Å²) in [6.07, 6.45) is 3.34. The number of quaternary nitrogens is 1. The van der Waals surface area contributed by atoms with E-state index in [2.05, 4.69) is 80.8 Å². The first kappa shape index (κ1) is 19.2. The smallest absolute Gasteiger partial charge is 0.154 e. The van der Waals surface area contributed by atoms with Crippen LogP contribution in [0.4, 0.5) is 0 Å². The fourth-order valence-corrected chi connectivity index (χ4v) is 2.38. The zero-order chi connectivity index (χ0) is 15.1.